The second-order valence-electron chi connectivity index (χ2n) is 5.78. The number of carbonyl (C=O) groups excluding carboxylic acids is 1. The molecule has 1 aromatic carbocycles. The first-order chi connectivity index (χ1) is 10.3. The normalized spacial score (nSPS) is 13.6. The van der Waals surface area contributed by atoms with Crippen LogP contribution in [0, 0.1) is 11.8 Å². The molecule has 0 aliphatic heterocycles. The van der Waals surface area contributed by atoms with Crippen LogP contribution in [0.2, 0.25) is 0 Å². The van der Waals surface area contributed by atoms with Crippen molar-refractivity contribution >= 4 is 24.5 Å². The van der Waals surface area contributed by atoms with Crippen LogP contribution in [-0.2, 0) is 16.0 Å². The highest BCUT2D eigenvalue weighted by atomic mass is 32.1. The number of thiol groups is 1. The van der Waals surface area contributed by atoms with Crippen LogP contribution in [0.5, 0.6) is 5.75 Å². The largest absolute Gasteiger partial charge is 0.508 e. The number of carbonyl (C=O) groups is 2. The summed E-state index contributed by atoms with van der Waals surface area (Å²) in [7, 11) is 0. The zero-order chi connectivity index (χ0) is 16.7. The van der Waals surface area contributed by atoms with E-state index in [4.69, 9.17) is 0 Å². The predicted octanol–water partition coefficient (Wildman–Crippen LogP) is 2.10. The van der Waals surface area contributed by atoms with Gasteiger partial charge in [0.2, 0.25) is 5.91 Å². The van der Waals surface area contributed by atoms with Crippen LogP contribution in [0.1, 0.15) is 25.8 Å². The SMILES string of the molecule is CC(C)C[C@H](CS)C(=O)N[C@@H](Cc1ccc(O)cc1)C(=O)O. The molecule has 22 heavy (non-hydrogen) atoms. The van der Waals surface area contributed by atoms with E-state index in [1.165, 1.54) is 12.1 Å². The lowest BCUT2D eigenvalue weighted by molar-refractivity contribution is -0.142. The first-order valence-electron chi connectivity index (χ1n) is 7.25. The fourth-order valence-corrected chi connectivity index (χ4v) is 2.51. The number of hydrogen-bond donors (Lipinski definition) is 4. The third-order valence-electron chi connectivity index (χ3n) is 3.34. The Kier molecular flexibility index (Phi) is 7.24. The Hall–Kier alpha value is -1.69. The molecular formula is C16H23NO4S. The summed E-state index contributed by atoms with van der Waals surface area (Å²) in [6, 6.07) is 5.27. The molecule has 0 unspecified atom stereocenters. The van der Waals surface area contributed by atoms with Crippen molar-refractivity contribution in [1.29, 1.82) is 0 Å². The van der Waals surface area contributed by atoms with Gasteiger partial charge in [-0.3, -0.25) is 4.79 Å². The summed E-state index contributed by atoms with van der Waals surface area (Å²) >= 11 is 4.18. The molecule has 0 saturated carbocycles. The number of carboxylic acids is 1. The standard InChI is InChI=1S/C16H23NO4S/c1-10(2)7-12(9-22)15(19)17-14(16(20)21)8-11-3-5-13(18)6-4-11/h3-6,10,12,14,18,22H,7-9H2,1-2H3,(H,17,19)(H,20,21)/t12-,14+/m1/s1. The number of carboxylic acid groups (broad SMARTS) is 1. The molecule has 0 spiro atoms. The van der Waals surface area contributed by atoms with E-state index < -0.39 is 12.0 Å². The number of aromatic hydroxyl groups is 1. The third kappa shape index (κ3) is 5.97. The van der Waals surface area contributed by atoms with E-state index in [0.29, 0.717) is 18.1 Å². The van der Waals surface area contributed by atoms with Crippen LogP contribution >= 0.6 is 12.6 Å². The van der Waals surface area contributed by atoms with Crippen molar-refractivity contribution in [3.05, 3.63) is 29.8 Å². The highest BCUT2D eigenvalue weighted by Crippen LogP contribution is 2.15. The highest BCUT2D eigenvalue weighted by Gasteiger charge is 2.25. The van der Waals surface area contributed by atoms with Crippen molar-refractivity contribution in [2.24, 2.45) is 11.8 Å². The van der Waals surface area contributed by atoms with E-state index in [2.05, 4.69) is 17.9 Å². The van der Waals surface area contributed by atoms with Crippen LogP contribution in [0.3, 0.4) is 0 Å². The number of aliphatic carboxylic acids is 1. The molecular weight excluding hydrogens is 302 g/mol. The molecule has 0 bridgehead atoms. The van der Waals surface area contributed by atoms with E-state index in [1.54, 1.807) is 12.1 Å². The van der Waals surface area contributed by atoms with Crippen molar-refractivity contribution < 1.29 is 19.8 Å². The van der Waals surface area contributed by atoms with Gasteiger partial charge in [-0.2, -0.15) is 12.6 Å². The van der Waals surface area contributed by atoms with E-state index in [-0.39, 0.29) is 24.0 Å². The van der Waals surface area contributed by atoms with E-state index >= 15 is 0 Å². The van der Waals surface area contributed by atoms with E-state index in [1.807, 2.05) is 13.8 Å². The molecule has 0 aromatic heterocycles. The van der Waals surface area contributed by atoms with Crippen LogP contribution in [0.4, 0.5) is 0 Å². The number of hydrogen-bond acceptors (Lipinski definition) is 4. The van der Waals surface area contributed by atoms with Crippen molar-refractivity contribution in [2.75, 3.05) is 5.75 Å². The predicted molar refractivity (Wildman–Crippen MR) is 88.2 cm³/mol. The van der Waals surface area contributed by atoms with Gasteiger partial charge in [-0.05, 0) is 30.0 Å². The van der Waals surface area contributed by atoms with Gasteiger partial charge in [0, 0.05) is 18.1 Å². The number of phenols is 1. The molecule has 0 saturated heterocycles. The lowest BCUT2D eigenvalue weighted by Gasteiger charge is -2.20. The van der Waals surface area contributed by atoms with Crippen LogP contribution in [0.25, 0.3) is 0 Å². The zero-order valence-corrected chi connectivity index (χ0v) is 13.7. The van der Waals surface area contributed by atoms with Gasteiger partial charge >= 0.3 is 5.97 Å². The number of amides is 1. The van der Waals surface area contributed by atoms with Crippen LogP contribution < -0.4 is 5.32 Å². The fourth-order valence-electron chi connectivity index (χ4n) is 2.19. The van der Waals surface area contributed by atoms with Gasteiger partial charge in [-0.1, -0.05) is 26.0 Å². The number of nitrogens with one attached hydrogen (secondary N) is 1. The summed E-state index contributed by atoms with van der Waals surface area (Å²) < 4.78 is 0. The minimum absolute atomic E-state index is 0.117. The number of phenolic OH excluding ortho intramolecular Hbond substituents is 1. The molecule has 0 aliphatic rings. The zero-order valence-electron chi connectivity index (χ0n) is 12.8. The van der Waals surface area contributed by atoms with Gasteiger partial charge in [0.1, 0.15) is 11.8 Å². The highest BCUT2D eigenvalue weighted by molar-refractivity contribution is 7.80. The lowest BCUT2D eigenvalue weighted by Crippen LogP contribution is -2.45. The summed E-state index contributed by atoms with van der Waals surface area (Å²) in [5.74, 6) is -0.825. The molecule has 3 N–H and O–H groups in total. The molecule has 0 fully saturated rings. The first-order valence-corrected chi connectivity index (χ1v) is 7.88. The molecule has 0 radical (unpaired) electrons. The smallest absolute Gasteiger partial charge is 0.326 e. The van der Waals surface area contributed by atoms with E-state index in [0.717, 1.165) is 5.56 Å². The molecule has 6 heteroatoms. The Bertz CT molecular complexity index is 501. The Morgan fingerprint density at radius 2 is 1.82 bits per heavy atom. The summed E-state index contributed by atoms with van der Waals surface area (Å²) in [6.45, 7) is 4.02. The maximum absolute atomic E-state index is 12.2. The number of rotatable bonds is 8. The van der Waals surface area contributed by atoms with Crippen molar-refractivity contribution in [2.45, 2.75) is 32.7 Å². The van der Waals surface area contributed by atoms with Gasteiger partial charge in [0.15, 0.2) is 0 Å². The van der Waals surface area contributed by atoms with Gasteiger partial charge in [-0.15, -0.1) is 0 Å². The minimum atomic E-state index is -1.08. The van der Waals surface area contributed by atoms with Gasteiger partial charge < -0.3 is 15.5 Å². The Morgan fingerprint density at radius 3 is 2.27 bits per heavy atom. The molecule has 1 aromatic rings. The quantitative estimate of drug-likeness (QED) is 0.551. The Labute approximate surface area is 136 Å². The monoisotopic (exact) mass is 325 g/mol. The molecule has 2 atom stereocenters. The molecule has 0 heterocycles. The first kappa shape index (κ1) is 18.4. The van der Waals surface area contributed by atoms with Crippen molar-refractivity contribution in [3.63, 3.8) is 0 Å². The summed E-state index contributed by atoms with van der Waals surface area (Å²) in [6.07, 6.45) is 0.837. The third-order valence-corrected chi connectivity index (χ3v) is 3.78. The van der Waals surface area contributed by atoms with Crippen molar-refractivity contribution in [1.82, 2.24) is 5.32 Å². The second-order valence-corrected chi connectivity index (χ2v) is 6.14. The van der Waals surface area contributed by atoms with Crippen LogP contribution in [-0.4, -0.2) is 33.9 Å². The van der Waals surface area contributed by atoms with E-state index in [9.17, 15) is 19.8 Å². The van der Waals surface area contributed by atoms with Gasteiger partial charge in [0.25, 0.3) is 0 Å². The average molecular weight is 325 g/mol. The lowest BCUT2D eigenvalue weighted by atomic mass is 9.97. The minimum Gasteiger partial charge on any atom is -0.508 e. The summed E-state index contributed by atoms with van der Waals surface area (Å²) in [5.41, 5.74) is 0.733. The molecule has 122 valence electrons. The van der Waals surface area contributed by atoms with Gasteiger partial charge in [-0.25, -0.2) is 4.79 Å². The van der Waals surface area contributed by atoms with Gasteiger partial charge in [0.05, 0.1) is 0 Å². The maximum atomic E-state index is 12.2. The summed E-state index contributed by atoms with van der Waals surface area (Å²) in [5, 5.41) is 21.1. The Morgan fingerprint density at radius 1 is 1.23 bits per heavy atom. The number of benzene rings is 1. The van der Waals surface area contributed by atoms with Crippen LogP contribution in [0.15, 0.2) is 24.3 Å². The Balaban J connectivity index is 2.73. The summed E-state index contributed by atoms with van der Waals surface area (Å²) in [4.78, 5) is 23.6. The average Bonchev–Trinajstić information content (AvgIpc) is 2.45. The maximum Gasteiger partial charge on any atom is 0.326 e. The van der Waals surface area contributed by atoms with Crippen molar-refractivity contribution in [3.8, 4) is 5.75 Å². The molecule has 1 amide bonds. The topological polar surface area (TPSA) is 86.6 Å². The molecule has 1 rings (SSSR count). The molecule has 0 aliphatic carbocycles. The molecule has 5 nitrogen and oxygen atoms in total. The second kappa shape index (κ2) is 8.68. The fraction of sp³-hybridized carbons (Fsp3) is 0.500.